The van der Waals surface area contributed by atoms with Crippen molar-refractivity contribution in [3.63, 3.8) is 0 Å². The normalized spacial score (nSPS) is 22.3. The summed E-state index contributed by atoms with van der Waals surface area (Å²) in [4.78, 5) is 2.21. The number of aliphatic hydroxyl groups is 2. The van der Waals surface area contributed by atoms with E-state index >= 15 is 0 Å². The first-order valence-corrected chi connectivity index (χ1v) is 8.85. The lowest BCUT2D eigenvalue weighted by molar-refractivity contribution is -0.157. The maximum absolute atomic E-state index is 12.1. The second kappa shape index (κ2) is 5.69. The van der Waals surface area contributed by atoms with E-state index in [4.69, 9.17) is 0 Å². The Labute approximate surface area is 143 Å². The molecule has 4 rings (SSSR count). The molecule has 0 bridgehead atoms. The molecule has 1 saturated heterocycles. The van der Waals surface area contributed by atoms with Gasteiger partial charge in [-0.2, -0.15) is 0 Å². The molecule has 0 spiro atoms. The minimum atomic E-state index is -1.35. The third kappa shape index (κ3) is 2.23. The predicted molar refractivity (Wildman–Crippen MR) is 95.0 cm³/mol. The van der Waals surface area contributed by atoms with Crippen molar-refractivity contribution < 1.29 is 10.2 Å². The van der Waals surface area contributed by atoms with E-state index < -0.39 is 11.2 Å². The van der Waals surface area contributed by atoms with Crippen LogP contribution in [0.3, 0.4) is 0 Å². The summed E-state index contributed by atoms with van der Waals surface area (Å²) in [6.45, 7) is 1.59. The molecular formula is C21H25NO2. The van der Waals surface area contributed by atoms with E-state index in [9.17, 15) is 10.2 Å². The SMILES string of the molecule is CN1CCC(O)(C2(O)c3ccccc3CCc3ccccc32)CC1. The van der Waals surface area contributed by atoms with E-state index in [1.807, 2.05) is 36.4 Å². The summed E-state index contributed by atoms with van der Waals surface area (Å²) in [5, 5.41) is 23.7. The fourth-order valence-corrected chi connectivity index (χ4v) is 4.45. The van der Waals surface area contributed by atoms with Crippen molar-refractivity contribution in [1.82, 2.24) is 4.90 Å². The Hall–Kier alpha value is -1.68. The van der Waals surface area contributed by atoms with Crippen molar-refractivity contribution in [1.29, 1.82) is 0 Å². The number of fused-ring (bicyclic) bond motifs is 2. The lowest BCUT2D eigenvalue weighted by Gasteiger charge is -2.48. The number of benzene rings is 2. The predicted octanol–water partition coefficient (Wildman–Crippen LogP) is 2.48. The van der Waals surface area contributed by atoms with E-state index in [1.54, 1.807) is 0 Å². The van der Waals surface area contributed by atoms with Gasteiger partial charge in [0.05, 0.1) is 0 Å². The van der Waals surface area contributed by atoms with Gasteiger partial charge in [0.15, 0.2) is 0 Å². The summed E-state index contributed by atoms with van der Waals surface area (Å²) in [5.41, 5.74) is 1.55. The Morgan fingerprint density at radius 2 is 1.25 bits per heavy atom. The Kier molecular flexibility index (Phi) is 3.75. The average Bonchev–Trinajstić information content (AvgIpc) is 2.75. The minimum absolute atomic E-state index is 0.572. The molecule has 3 heteroatoms. The molecular weight excluding hydrogens is 298 g/mol. The number of hydrogen-bond donors (Lipinski definition) is 2. The fraction of sp³-hybridized carbons (Fsp3) is 0.429. The molecule has 3 nitrogen and oxygen atoms in total. The van der Waals surface area contributed by atoms with Crippen molar-refractivity contribution in [3.05, 3.63) is 70.8 Å². The molecule has 2 N–H and O–H groups in total. The first-order valence-electron chi connectivity index (χ1n) is 8.85. The van der Waals surface area contributed by atoms with Crippen LogP contribution in [0.5, 0.6) is 0 Å². The summed E-state index contributed by atoms with van der Waals surface area (Å²) in [6.07, 6.45) is 2.93. The number of aryl methyl sites for hydroxylation is 2. The van der Waals surface area contributed by atoms with Gasteiger partial charge >= 0.3 is 0 Å². The largest absolute Gasteiger partial charge is 0.386 e. The van der Waals surface area contributed by atoms with Gasteiger partial charge in [-0.1, -0.05) is 48.5 Å². The van der Waals surface area contributed by atoms with Crippen LogP contribution in [0, 0.1) is 0 Å². The van der Waals surface area contributed by atoms with Crippen molar-refractivity contribution in [2.75, 3.05) is 20.1 Å². The zero-order valence-electron chi connectivity index (χ0n) is 14.2. The third-order valence-corrected chi connectivity index (χ3v) is 5.97. The average molecular weight is 323 g/mol. The number of likely N-dealkylation sites (tertiary alicyclic amines) is 1. The van der Waals surface area contributed by atoms with Crippen LogP contribution in [0.4, 0.5) is 0 Å². The minimum Gasteiger partial charge on any atom is -0.386 e. The standard InChI is InChI=1S/C21H25NO2/c1-22-14-12-20(23,13-15-22)21(24)18-8-4-2-6-16(18)10-11-17-7-3-5-9-19(17)21/h2-9,23-24H,10-15H2,1H3. The number of hydrogen-bond acceptors (Lipinski definition) is 3. The molecule has 1 fully saturated rings. The van der Waals surface area contributed by atoms with E-state index in [1.165, 1.54) is 0 Å². The molecule has 0 aromatic heterocycles. The van der Waals surface area contributed by atoms with E-state index in [0.29, 0.717) is 12.8 Å². The molecule has 126 valence electrons. The van der Waals surface area contributed by atoms with Gasteiger partial charge in [-0.25, -0.2) is 0 Å². The molecule has 0 saturated carbocycles. The van der Waals surface area contributed by atoms with E-state index in [0.717, 1.165) is 48.2 Å². The molecule has 2 aromatic carbocycles. The fourth-order valence-electron chi connectivity index (χ4n) is 4.45. The monoisotopic (exact) mass is 323 g/mol. The third-order valence-electron chi connectivity index (χ3n) is 5.97. The summed E-state index contributed by atoms with van der Waals surface area (Å²) < 4.78 is 0. The van der Waals surface area contributed by atoms with E-state index in [-0.39, 0.29) is 0 Å². The molecule has 0 amide bonds. The van der Waals surface area contributed by atoms with Crippen LogP contribution >= 0.6 is 0 Å². The van der Waals surface area contributed by atoms with Gasteiger partial charge in [-0.3, -0.25) is 0 Å². The molecule has 0 unspecified atom stereocenters. The summed E-state index contributed by atoms with van der Waals surface area (Å²) in [6, 6.07) is 16.1. The first-order chi connectivity index (χ1) is 11.5. The molecule has 2 aromatic rings. The zero-order valence-corrected chi connectivity index (χ0v) is 14.2. The van der Waals surface area contributed by atoms with Crippen molar-refractivity contribution >= 4 is 0 Å². The van der Waals surface area contributed by atoms with Gasteiger partial charge in [-0.05, 0) is 55.0 Å². The first kappa shape index (κ1) is 15.8. The highest BCUT2D eigenvalue weighted by molar-refractivity contribution is 5.50. The molecule has 0 atom stereocenters. The summed E-state index contributed by atoms with van der Waals surface area (Å²) in [7, 11) is 2.07. The van der Waals surface area contributed by atoms with Crippen LogP contribution < -0.4 is 0 Å². The second-order valence-electron chi connectivity index (χ2n) is 7.36. The van der Waals surface area contributed by atoms with Crippen LogP contribution in [-0.2, 0) is 18.4 Å². The molecule has 24 heavy (non-hydrogen) atoms. The van der Waals surface area contributed by atoms with Gasteiger partial charge in [0, 0.05) is 13.1 Å². The van der Waals surface area contributed by atoms with Crippen LogP contribution in [0.15, 0.2) is 48.5 Å². The zero-order chi connectivity index (χ0) is 16.8. The highest BCUT2D eigenvalue weighted by atomic mass is 16.4. The van der Waals surface area contributed by atoms with Gasteiger partial charge in [-0.15, -0.1) is 0 Å². The Balaban J connectivity index is 1.95. The molecule has 2 aliphatic rings. The second-order valence-corrected chi connectivity index (χ2v) is 7.36. The number of nitrogens with zero attached hydrogens (tertiary/aromatic N) is 1. The maximum Gasteiger partial charge on any atom is 0.144 e. The van der Waals surface area contributed by atoms with E-state index in [2.05, 4.69) is 24.1 Å². The summed E-state index contributed by atoms with van der Waals surface area (Å²) in [5.74, 6) is 0. The van der Waals surface area contributed by atoms with Crippen molar-refractivity contribution in [2.45, 2.75) is 36.9 Å². The van der Waals surface area contributed by atoms with Crippen LogP contribution in [0.1, 0.15) is 35.1 Å². The van der Waals surface area contributed by atoms with Crippen LogP contribution in [0.25, 0.3) is 0 Å². The highest BCUT2D eigenvalue weighted by Gasteiger charge is 2.54. The molecule has 1 heterocycles. The topological polar surface area (TPSA) is 43.7 Å². The molecule has 1 aliphatic carbocycles. The van der Waals surface area contributed by atoms with Crippen LogP contribution in [-0.4, -0.2) is 40.9 Å². The molecule has 1 aliphatic heterocycles. The van der Waals surface area contributed by atoms with Gasteiger partial charge in [0.25, 0.3) is 0 Å². The highest BCUT2D eigenvalue weighted by Crippen LogP contribution is 2.48. The lowest BCUT2D eigenvalue weighted by Crippen LogP contribution is -2.58. The lowest BCUT2D eigenvalue weighted by atomic mass is 9.67. The van der Waals surface area contributed by atoms with Gasteiger partial charge < -0.3 is 15.1 Å². The van der Waals surface area contributed by atoms with Gasteiger partial charge in [0.2, 0.25) is 0 Å². The summed E-state index contributed by atoms with van der Waals surface area (Å²) >= 11 is 0. The Bertz CT molecular complexity index is 700. The van der Waals surface area contributed by atoms with Crippen LogP contribution in [0.2, 0.25) is 0 Å². The number of rotatable bonds is 1. The maximum atomic E-state index is 12.1. The Morgan fingerprint density at radius 3 is 1.75 bits per heavy atom. The van der Waals surface area contributed by atoms with Gasteiger partial charge in [0.1, 0.15) is 11.2 Å². The molecule has 0 radical (unpaired) electrons. The number of piperidine rings is 1. The van der Waals surface area contributed by atoms with Crippen molar-refractivity contribution in [2.24, 2.45) is 0 Å². The quantitative estimate of drug-likeness (QED) is 0.847. The smallest absolute Gasteiger partial charge is 0.144 e. The van der Waals surface area contributed by atoms with Crippen molar-refractivity contribution in [3.8, 4) is 0 Å². The Morgan fingerprint density at radius 1 is 0.792 bits per heavy atom.